The van der Waals surface area contributed by atoms with Gasteiger partial charge in [0.2, 0.25) is 5.91 Å². The number of thiophene rings is 1. The number of thioether (sulfide) groups is 1. The highest BCUT2D eigenvalue weighted by atomic mass is 32.2. The Morgan fingerprint density at radius 3 is 2.76 bits per heavy atom. The molecular weight excluding hydrogens is 304 g/mol. The Morgan fingerprint density at radius 2 is 2.19 bits per heavy atom. The van der Waals surface area contributed by atoms with Crippen LogP contribution in [0.5, 0.6) is 0 Å². The Hall–Kier alpha value is -1.34. The molecular formula is C14H20N4OS2. The number of hydrogen-bond donors (Lipinski definition) is 1. The number of carbonyl (C=O) groups is 1. The van der Waals surface area contributed by atoms with Gasteiger partial charge in [-0.15, -0.1) is 21.5 Å². The van der Waals surface area contributed by atoms with Gasteiger partial charge in [0.25, 0.3) is 0 Å². The summed E-state index contributed by atoms with van der Waals surface area (Å²) in [7, 11) is 0. The molecule has 0 radical (unpaired) electrons. The fourth-order valence-electron chi connectivity index (χ4n) is 2.27. The fraction of sp³-hybridized carbons (Fsp3) is 0.500. The summed E-state index contributed by atoms with van der Waals surface area (Å²) in [6.45, 7) is 8.46. The van der Waals surface area contributed by atoms with Crippen LogP contribution in [0.1, 0.15) is 37.3 Å². The molecule has 0 unspecified atom stereocenters. The molecule has 0 bridgehead atoms. The minimum Gasteiger partial charge on any atom is -0.369 e. The predicted octanol–water partition coefficient (Wildman–Crippen LogP) is 3.04. The van der Waals surface area contributed by atoms with Gasteiger partial charge in [0, 0.05) is 21.9 Å². The molecule has 2 aromatic heterocycles. The van der Waals surface area contributed by atoms with Gasteiger partial charge in [-0.2, -0.15) is 0 Å². The van der Waals surface area contributed by atoms with Crippen LogP contribution in [-0.2, 0) is 11.2 Å². The number of nitrogens with zero attached hydrogens (tertiary/aromatic N) is 3. The Kier molecular flexibility index (Phi) is 5.05. The van der Waals surface area contributed by atoms with Crippen LogP contribution in [0.4, 0.5) is 0 Å². The molecule has 0 aliphatic heterocycles. The molecule has 2 heterocycles. The average Bonchev–Trinajstić information content (AvgIpc) is 2.98. The summed E-state index contributed by atoms with van der Waals surface area (Å²) in [5, 5.41) is 11.5. The zero-order chi connectivity index (χ0) is 15.6. The predicted molar refractivity (Wildman–Crippen MR) is 87.8 cm³/mol. The number of carbonyl (C=O) groups excluding carboxylic acids is 1. The first kappa shape index (κ1) is 16.0. The molecule has 21 heavy (non-hydrogen) atoms. The van der Waals surface area contributed by atoms with Crippen LogP contribution in [-0.4, -0.2) is 26.4 Å². The van der Waals surface area contributed by atoms with Crippen LogP contribution in [0, 0.1) is 6.92 Å². The Morgan fingerprint density at radius 1 is 1.48 bits per heavy atom. The summed E-state index contributed by atoms with van der Waals surface area (Å²) >= 11 is 3.07. The van der Waals surface area contributed by atoms with Gasteiger partial charge in [0.05, 0.1) is 5.75 Å². The number of amides is 1. The molecule has 7 heteroatoms. The number of rotatable bonds is 6. The first-order chi connectivity index (χ1) is 9.95. The van der Waals surface area contributed by atoms with Gasteiger partial charge in [-0.05, 0) is 32.8 Å². The number of primary amides is 1. The summed E-state index contributed by atoms with van der Waals surface area (Å²) in [4.78, 5) is 12.3. The SMILES string of the molecule is CCc1c(-c2nnc(SCC(N)=O)n2C(C)C)csc1C. The second kappa shape index (κ2) is 6.62. The van der Waals surface area contributed by atoms with E-state index in [4.69, 9.17) is 5.73 Å². The molecule has 114 valence electrons. The number of nitrogens with two attached hydrogens (primary N) is 1. The van der Waals surface area contributed by atoms with Gasteiger partial charge < -0.3 is 5.73 Å². The monoisotopic (exact) mass is 324 g/mol. The Bertz CT molecular complexity index is 645. The molecule has 0 aliphatic carbocycles. The van der Waals surface area contributed by atoms with E-state index in [1.165, 1.54) is 22.2 Å². The van der Waals surface area contributed by atoms with Gasteiger partial charge in [0.15, 0.2) is 11.0 Å². The molecule has 2 N–H and O–H groups in total. The molecule has 1 amide bonds. The number of hydrogen-bond acceptors (Lipinski definition) is 5. The lowest BCUT2D eigenvalue weighted by Crippen LogP contribution is -2.14. The van der Waals surface area contributed by atoms with Crippen LogP contribution in [0.25, 0.3) is 11.4 Å². The van der Waals surface area contributed by atoms with Gasteiger partial charge in [-0.25, -0.2) is 0 Å². The van der Waals surface area contributed by atoms with E-state index in [9.17, 15) is 4.79 Å². The molecule has 0 saturated heterocycles. The molecule has 0 fully saturated rings. The minimum atomic E-state index is -0.347. The maximum Gasteiger partial charge on any atom is 0.227 e. The smallest absolute Gasteiger partial charge is 0.227 e. The van der Waals surface area contributed by atoms with Crippen LogP contribution in [0.3, 0.4) is 0 Å². The van der Waals surface area contributed by atoms with Crippen molar-refractivity contribution in [1.29, 1.82) is 0 Å². The molecule has 0 saturated carbocycles. The average molecular weight is 324 g/mol. The van der Waals surface area contributed by atoms with E-state index in [1.54, 1.807) is 11.3 Å². The summed E-state index contributed by atoms with van der Waals surface area (Å²) in [6.07, 6.45) is 0.972. The first-order valence-electron chi connectivity index (χ1n) is 6.89. The normalized spacial score (nSPS) is 11.3. The van der Waals surface area contributed by atoms with E-state index < -0.39 is 0 Å². The van der Waals surface area contributed by atoms with Crippen LogP contribution >= 0.6 is 23.1 Å². The van der Waals surface area contributed by atoms with Crippen molar-refractivity contribution in [1.82, 2.24) is 14.8 Å². The van der Waals surface area contributed by atoms with Crippen molar-refractivity contribution >= 4 is 29.0 Å². The van der Waals surface area contributed by atoms with Crippen molar-refractivity contribution in [3.05, 3.63) is 15.8 Å². The molecule has 0 spiro atoms. The molecule has 0 aliphatic rings. The van der Waals surface area contributed by atoms with Crippen LogP contribution in [0.15, 0.2) is 10.5 Å². The van der Waals surface area contributed by atoms with Gasteiger partial charge in [0.1, 0.15) is 0 Å². The van der Waals surface area contributed by atoms with Crippen molar-refractivity contribution in [3.8, 4) is 11.4 Å². The van der Waals surface area contributed by atoms with E-state index >= 15 is 0 Å². The van der Waals surface area contributed by atoms with Crippen LogP contribution < -0.4 is 5.73 Å². The maximum atomic E-state index is 11.0. The third-order valence-corrected chi connectivity index (χ3v) is 5.14. The lowest BCUT2D eigenvalue weighted by Gasteiger charge is -2.13. The second-order valence-corrected chi connectivity index (χ2v) is 7.09. The van der Waals surface area contributed by atoms with E-state index in [0.717, 1.165) is 23.0 Å². The van der Waals surface area contributed by atoms with Crippen LogP contribution in [0.2, 0.25) is 0 Å². The van der Waals surface area contributed by atoms with Crippen molar-refractivity contribution in [2.24, 2.45) is 5.73 Å². The van der Waals surface area contributed by atoms with Crippen molar-refractivity contribution in [2.45, 2.75) is 45.3 Å². The first-order valence-corrected chi connectivity index (χ1v) is 8.75. The number of aromatic nitrogens is 3. The second-order valence-electron chi connectivity index (χ2n) is 5.06. The zero-order valence-electron chi connectivity index (χ0n) is 12.7. The molecule has 0 atom stereocenters. The maximum absolute atomic E-state index is 11.0. The largest absolute Gasteiger partial charge is 0.369 e. The third-order valence-electron chi connectivity index (χ3n) is 3.22. The molecule has 2 rings (SSSR count). The van der Waals surface area contributed by atoms with Crippen molar-refractivity contribution in [3.63, 3.8) is 0 Å². The van der Waals surface area contributed by atoms with E-state index in [0.29, 0.717) is 0 Å². The molecule has 0 aromatic carbocycles. The standard InChI is InChI=1S/C14H20N4OS2/c1-5-10-9(4)20-6-11(10)13-16-17-14(18(13)8(2)3)21-7-12(15)19/h6,8H,5,7H2,1-4H3,(H2,15,19). The van der Waals surface area contributed by atoms with Crippen molar-refractivity contribution in [2.75, 3.05) is 5.75 Å². The van der Waals surface area contributed by atoms with E-state index in [2.05, 4.69) is 47.8 Å². The van der Waals surface area contributed by atoms with Gasteiger partial charge in [-0.3, -0.25) is 9.36 Å². The van der Waals surface area contributed by atoms with E-state index in [-0.39, 0.29) is 17.7 Å². The lowest BCUT2D eigenvalue weighted by atomic mass is 10.1. The van der Waals surface area contributed by atoms with Crippen molar-refractivity contribution < 1.29 is 4.79 Å². The third kappa shape index (κ3) is 3.29. The highest BCUT2D eigenvalue weighted by Gasteiger charge is 2.20. The lowest BCUT2D eigenvalue weighted by molar-refractivity contribution is -0.115. The minimum absolute atomic E-state index is 0.216. The summed E-state index contributed by atoms with van der Waals surface area (Å²) in [5.74, 6) is 0.743. The number of aryl methyl sites for hydroxylation is 1. The Balaban J connectivity index is 2.46. The molecule has 2 aromatic rings. The Labute approximate surface area is 132 Å². The van der Waals surface area contributed by atoms with E-state index in [1.807, 2.05) is 0 Å². The van der Waals surface area contributed by atoms with Gasteiger partial charge >= 0.3 is 0 Å². The summed E-state index contributed by atoms with van der Waals surface area (Å²) in [5.41, 5.74) is 7.68. The highest BCUT2D eigenvalue weighted by molar-refractivity contribution is 7.99. The fourth-order valence-corrected chi connectivity index (χ4v) is 4.01. The zero-order valence-corrected chi connectivity index (χ0v) is 14.3. The van der Waals surface area contributed by atoms with Gasteiger partial charge in [-0.1, -0.05) is 18.7 Å². The topological polar surface area (TPSA) is 73.8 Å². The quantitative estimate of drug-likeness (QED) is 0.829. The summed E-state index contributed by atoms with van der Waals surface area (Å²) in [6, 6.07) is 0.218. The summed E-state index contributed by atoms with van der Waals surface area (Å²) < 4.78 is 2.08. The highest BCUT2D eigenvalue weighted by Crippen LogP contribution is 2.34. The molecule has 5 nitrogen and oxygen atoms in total.